The van der Waals surface area contributed by atoms with Gasteiger partial charge >= 0.3 is 0 Å². The van der Waals surface area contributed by atoms with E-state index in [1.807, 2.05) is 19.4 Å². The fourth-order valence-electron chi connectivity index (χ4n) is 3.75. The lowest BCUT2D eigenvalue weighted by Gasteiger charge is -2.24. The number of aryl methyl sites for hydroxylation is 2. The molecule has 2 N–H and O–H groups in total. The lowest BCUT2D eigenvalue weighted by atomic mass is 9.83. The van der Waals surface area contributed by atoms with Crippen molar-refractivity contribution in [3.63, 3.8) is 0 Å². The van der Waals surface area contributed by atoms with Crippen LogP contribution in [0.2, 0.25) is 0 Å². The number of halogens is 1. The van der Waals surface area contributed by atoms with Crippen molar-refractivity contribution in [2.24, 2.45) is 18.4 Å². The molecule has 4 rings (SSSR count). The zero-order valence-corrected chi connectivity index (χ0v) is 15.1. The minimum atomic E-state index is 0. The number of hydrogen-bond donors (Lipinski definition) is 2. The molecule has 2 aromatic heterocycles. The van der Waals surface area contributed by atoms with E-state index in [9.17, 15) is 0 Å². The third kappa shape index (κ3) is 2.93. The first-order chi connectivity index (χ1) is 11.0. The van der Waals surface area contributed by atoms with Gasteiger partial charge in [-0.25, -0.2) is 4.98 Å². The minimum absolute atomic E-state index is 0. The van der Waals surface area contributed by atoms with Gasteiger partial charge in [0.15, 0.2) is 0 Å². The normalized spacial score (nSPS) is 25.5. The lowest BCUT2D eigenvalue weighted by Crippen LogP contribution is -2.30. The molecule has 2 saturated heterocycles. The molecule has 2 atom stereocenters. The molecule has 8 heteroatoms. The molecule has 2 aliphatic heterocycles. The highest BCUT2D eigenvalue weighted by Gasteiger charge is 2.46. The Hall–Kier alpha value is -1.86. The van der Waals surface area contributed by atoms with E-state index >= 15 is 0 Å². The number of aromatic nitrogens is 4. The van der Waals surface area contributed by atoms with E-state index in [4.69, 9.17) is 4.98 Å². The summed E-state index contributed by atoms with van der Waals surface area (Å²) in [6.07, 6.45) is 5.58. The number of hydrogen-bond acceptors (Lipinski definition) is 6. The molecule has 0 saturated carbocycles. The topological polar surface area (TPSA) is 70.9 Å². The van der Waals surface area contributed by atoms with Gasteiger partial charge in [-0.1, -0.05) is 6.92 Å². The van der Waals surface area contributed by atoms with Crippen LogP contribution in [0.15, 0.2) is 18.6 Å². The van der Waals surface area contributed by atoms with Gasteiger partial charge in [-0.15, -0.1) is 12.4 Å². The first kappa shape index (κ1) is 17.0. The Morgan fingerprint density at radius 3 is 2.92 bits per heavy atom. The maximum Gasteiger partial charge on any atom is 0.229 e. The summed E-state index contributed by atoms with van der Waals surface area (Å²) in [5, 5.41) is 10.9. The molecule has 0 aliphatic carbocycles. The first-order valence-electron chi connectivity index (χ1n) is 8.08. The summed E-state index contributed by atoms with van der Waals surface area (Å²) in [7, 11) is 1.89. The highest BCUT2D eigenvalue weighted by molar-refractivity contribution is 5.85. The van der Waals surface area contributed by atoms with Crippen LogP contribution in [0.25, 0.3) is 0 Å². The second kappa shape index (κ2) is 6.22. The van der Waals surface area contributed by atoms with Gasteiger partial charge in [0.25, 0.3) is 0 Å². The molecule has 7 nitrogen and oxygen atoms in total. The van der Waals surface area contributed by atoms with Crippen molar-refractivity contribution in [1.82, 2.24) is 25.1 Å². The Morgan fingerprint density at radius 1 is 1.38 bits per heavy atom. The van der Waals surface area contributed by atoms with E-state index in [0.717, 1.165) is 43.2 Å². The van der Waals surface area contributed by atoms with Crippen molar-refractivity contribution in [3.05, 3.63) is 24.2 Å². The number of rotatable bonds is 3. The van der Waals surface area contributed by atoms with Gasteiger partial charge in [0.2, 0.25) is 5.95 Å². The smallest absolute Gasteiger partial charge is 0.229 e. The van der Waals surface area contributed by atoms with Crippen LogP contribution in [-0.4, -0.2) is 45.9 Å². The summed E-state index contributed by atoms with van der Waals surface area (Å²) in [6, 6.07) is 0. The lowest BCUT2D eigenvalue weighted by molar-refractivity contribution is 0.338. The maximum atomic E-state index is 4.76. The van der Waals surface area contributed by atoms with Crippen molar-refractivity contribution < 1.29 is 0 Å². The second-order valence-corrected chi connectivity index (χ2v) is 7.09. The standard InChI is InChI=1S/C16H23N7.ClH/c1-11-4-18-15(20-13-6-19-22(3)8-13)21-14(11)23-7-12-5-17-9-16(12,2)10-23;/h4,6,8,12,17H,5,7,9-10H2,1-3H3,(H,18,20,21);1H/t12-,16+;/m0./s1. The zero-order chi connectivity index (χ0) is 16.0. The highest BCUT2D eigenvalue weighted by atomic mass is 35.5. The Bertz CT molecular complexity index is 731. The van der Waals surface area contributed by atoms with Crippen LogP contribution in [0.1, 0.15) is 12.5 Å². The van der Waals surface area contributed by atoms with Gasteiger partial charge in [-0.05, 0) is 12.8 Å². The Morgan fingerprint density at radius 2 is 2.21 bits per heavy atom. The molecule has 0 radical (unpaired) electrons. The third-order valence-electron chi connectivity index (χ3n) is 5.10. The molecule has 0 bridgehead atoms. The summed E-state index contributed by atoms with van der Waals surface area (Å²) >= 11 is 0. The van der Waals surface area contributed by atoms with Gasteiger partial charge in [0.05, 0.1) is 11.9 Å². The van der Waals surface area contributed by atoms with Crippen molar-refractivity contribution in [3.8, 4) is 0 Å². The van der Waals surface area contributed by atoms with Gasteiger partial charge in [0.1, 0.15) is 5.82 Å². The predicted octanol–water partition coefficient (Wildman–Crippen LogP) is 1.73. The summed E-state index contributed by atoms with van der Waals surface area (Å²) in [5.74, 6) is 2.37. The highest BCUT2D eigenvalue weighted by Crippen LogP contribution is 2.40. The molecular weight excluding hydrogens is 326 g/mol. The Labute approximate surface area is 148 Å². The van der Waals surface area contributed by atoms with Crippen LogP contribution in [-0.2, 0) is 7.05 Å². The second-order valence-electron chi connectivity index (χ2n) is 7.09. The van der Waals surface area contributed by atoms with Crippen LogP contribution in [0, 0.1) is 18.3 Å². The molecule has 0 aromatic carbocycles. The van der Waals surface area contributed by atoms with E-state index in [0.29, 0.717) is 17.3 Å². The number of anilines is 3. The van der Waals surface area contributed by atoms with Crippen molar-refractivity contribution in [2.45, 2.75) is 13.8 Å². The molecule has 4 heterocycles. The van der Waals surface area contributed by atoms with Crippen LogP contribution in [0.4, 0.5) is 17.5 Å². The molecule has 0 spiro atoms. The third-order valence-corrected chi connectivity index (χ3v) is 5.10. The van der Waals surface area contributed by atoms with Crippen molar-refractivity contribution in [2.75, 3.05) is 36.4 Å². The molecule has 0 amide bonds. The average molecular weight is 350 g/mol. The van der Waals surface area contributed by atoms with E-state index in [2.05, 4.69) is 39.5 Å². The molecule has 130 valence electrons. The van der Waals surface area contributed by atoms with Gasteiger partial charge in [0, 0.05) is 56.6 Å². The van der Waals surface area contributed by atoms with Crippen LogP contribution < -0.4 is 15.5 Å². The summed E-state index contributed by atoms with van der Waals surface area (Å²) < 4.78 is 1.76. The van der Waals surface area contributed by atoms with Crippen LogP contribution in [0.5, 0.6) is 0 Å². The van der Waals surface area contributed by atoms with E-state index in [1.165, 1.54) is 0 Å². The fraction of sp³-hybridized carbons (Fsp3) is 0.562. The SMILES string of the molecule is Cc1cnc(Nc2cnn(C)c2)nc1N1C[C@@H]2CNC[C@]2(C)C1.Cl. The van der Waals surface area contributed by atoms with Gasteiger partial charge < -0.3 is 15.5 Å². The van der Waals surface area contributed by atoms with Crippen LogP contribution >= 0.6 is 12.4 Å². The van der Waals surface area contributed by atoms with Gasteiger partial charge in [-0.3, -0.25) is 4.68 Å². The average Bonchev–Trinajstić information content (AvgIpc) is 3.14. The molecule has 0 unspecified atom stereocenters. The Kier molecular flexibility index (Phi) is 4.40. The number of nitrogens with zero attached hydrogens (tertiary/aromatic N) is 5. The summed E-state index contributed by atoms with van der Waals surface area (Å²) in [5.41, 5.74) is 2.38. The molecule has 2 fully saturated rings. The van der Waals surface area contributed by atoms with Crippen molar-refractivity contribution >= 4 is 29.9 Å². The molecular formula is C16H24ClN7. The fourth-order valence-corrected chi connectivity index (χ4v) is 3.75. The summed E-state index contributed by atoms with van der Waals surface area (Å²) in [6.45, 7) is 8.78. The monoisotopic (exact) mass is 349 g/mol. The van der Waals surface area contributed by atoms with E-state index in [-0.39, 0.29) is 12.4 Å². The zero-order valence-electron chi connectivity index (χ0n) is 14.3. The first-order valence-corrected chi connectivity index (χ1v) is 8.08. The Balaban J connectivity index is 0.00000169. The molecule has 2 aliphatic rings. The summed E-state index contributed by atoms with van der Waals surface area (Å²) in [4.78, 5) is 11.6. The maximum absolute atomic E-state index is 4.76. The molecule has 24 heavy (non-hydrogen) atoms. The largest absolute Gasteiger partial charge is 0.355 e. The minimum Gasteiger partial charge on any atom is -0.355 e. The van der Waals surface area contributed by atoms with Crippen LogP contribution in [0.3, 0.4) is 0 Å². The number of fused-ring (bicyclic) bond motifs is 1. The predicted molar refractivity (Wildman–Crippen MR) is 97.2 cm³/mol. The number of nitrogens with one attached hydrogen (secondary N) is 2. The molecule has 2 aromatic rings. The van der Waals surface area contributed by atoms with Crippen molar-refractivity contribution in [1.29, 1.82) is 0 Å². The quantitative estimate of drug-likeness (QED) is 0.879. The van der Waals surface area contributed by atoms with Gasteiger partial charge in [-0.2, -0.15) is 10.1 Å². The van der Waals surface area contributed by atoms with E-state index < -0.39 is 0 Å². The van der Waals surface area contributed by atoms with E-state index in [1.54, 1.807) is 10.9 Å².